The highest BCUT2D eigenvalue weighted by Gasteiger charge is 2.32. The molecule has 0 aromatic heterocycles. The van der Waals surface area contributed by atoms with Gasteiger partial charge in [0, 0.05) is 5.56 Å². The fraction of sp³-hybridized carbons (Fsp3) is 0.143. The van der Waals surface area contributed by atoms with E-state index in [1.807, 2.05) is 0 Å². The molecule has 2 rings (SSSR count). The highest BCUT2D eigenvalue weighted by molar-refractivity contribution is 7.89. The van der Waals surface area contributed by atoms with Crippen molar-refractivity contribution in [3.8, 4) is 0 Å². The van der Waals surface area contributed by atoms with Crippen LogP contribution >= 0.6 is 0 Å². The van der Waals surface area contributed by atoms with Crippen LogP contribution in [0.2, 0.25) is 0 Å². The minimum atomic E-state index is -3.36. The number of benzene rings is 1. The maximum Gasteiger partial charge on any atom is 0.242 e. The fourth-order valence-corrected chi connectivity index (χ4v) is 2.76. The van der Waals surface area contributed by atoms with Crippen molar-refractivity contribution in [2.24, 2.45) is 5.84 Å². The number of nitrogens with one attached hydrogen (secondary N) is 2. The summed E-state index contributed by atoms with van der Waals surface area (Å²) in [6, 6.07) is 6.72. The van der Waals surface area contributed by atoms with Gasteiger partial charge in [-0.15, -0.1) is 0 Å². The van der Waals surface area contributed by atoms with Crippen LogP contribution in [-0.2, 0) is 10.0 Å². The van der Waals surface area contributed by atoms with E-state index in [9.17, 15) is 8.42 Å². The molecule has 0 fully saturated rings. The Balaban J connectivity index is 2.64. The average molecular weight is 199 g/mol. The maximum atomic E-state index is 11.4. The van der Waals surface area contributed by atoms with E-state index in [-0.39, 0.29) is 4.90 Å². The van der Waals surface area contributed by atoms with Gasteiger partial charge in [0.05, 0.1) is 4.90 Å². The van der Waals surface area contributed by atoms with E-state index >= 15 is 0 Å². The zero-order chi connectivity index (χ0) is 9.47. The van der Waals surface area contributed by atoms with E-state index in [1.54, 1.807) is 24.3 Å². The largest absolute Gasteiger partial charge is 0.270 e. The molecule has 6 heteroatoms. The molecule has 1 aliphatic rings. The molecule has 1 heterocycles. The monoisotopic (exact) mass is 199 g/mol. The first kappa shape index (κ1) is 8.64. The summed E-state index contributed by atoms with van der Waals surface area (Å²) >= 11 is 0. The normalized spacial score (nSPS) is 24.2. The first-order valence-corrected chi connectivity index (χ1v) is 5.21. The molecule has 0 spiro atoms. The van der Waals surface area contributed by atoms with Crippen LogP contribution in [-0.4, -0.2) is 8.42 Å². The van der Waals surface area contributed by atoms with Crippen LogP contribution in [0.4, 0.5) is 0 Å². The predicted molar refractivity (Wildman–Crippen MR) is 46.8 cm³/mol. The molecule has 0 saturated heterocycles. The highest BCUT2D eigenvalue weighted by atomic mass is 32.2. The maximum absolute atomic E-state index is 11.4. The Morgan fingerprint density at radius 3 is 2.77 bits per heavy atom. The standard InChI is InChI=1S/C7H9N3O2S/c8-9-7-5-3-1-2-4-6(5)13(11,12)10-7/h1-4,7,9-10H,8H2. The summed E-state index contributed by atoms with van der Waals surface area (Å²) in [5.41, 5.74) is 3.04. The first-order chi connectivity index (χ1) is 6.15. The lowest BCUT2D eigenvalue weighted by Gasteiger charge is -2.06. The van der Waals surface area contributed by atoms with Crippen molar-refractivity contribution in [1.82, 2.24) is 10.1 Å². The summed E-state index contributed by atoms with van der Waals surface area (Å²) in [5, 5.41) is 0. The van der Waals surface area contributed by atoms with Gasteiger partial charge in [-0.1, -0.05) is 18.2 Å². The molecular formula is C7H9N3O2S. The van der Waals surface area contributed by atoms with Gasteiger partial charge in [-0.25, -0.2) is 13.8 Å². The summed E-state index contributed by atoms with van der Waals surface area (Å²) in [6.45, 7) is 0. The molecule has 5 nitrogen and oxygen atoms in total. The molecule has 0 saturated carbocycles. The molecule has 4 N–H and O–H groups in total. The number of nitrogens with two attached hydrogens (primary N) is 1. The molecule has 0 aliphatic carbocycles. The summed E-state index contributed by atoms with van der Waals surface area (Å²) in [5.74, 6) is 5.19. The van der Waals surface area contributed by atoms with Gasteiger partial charge < -0.3 is 0 Å². The van der Waals surface area contributed by atoms with Crippen LogP contribution in [0.25, 0.3) is 0 Å². The molecular weight excluding hydrogens is 190 g/mol. The van der Waals surface area contributed by atoms with Crippen LogP contribution in [0.3, 0.4) is 0 Å². The molecule has 70 valence electrons. The smallest absolute Gasteiger partial charge is 0.242 e. The van der Waals surface area contributed by atoms with Crippen LogP contribution < -0.4 is 16.0 Å². The van der Waals surface area contributed by atoms with Gasteiger partial charge in [-0.05, 0) is 6.07 Å². The van der Waals surface area contributed by atoms with Crippen LogP contribution in [0.15, 0.2) is 29.2 Å². The molecule has 1 aromatic carbocycles. The van der Waals surface area contributed by atoms with Crippen molar-refractivity contribution in [2.75, 3.05) is 0 Å². The molecule has 0 radical (unpaired) electrons. The minimum Gasteiger partial charge on any atom is -0.270 e. The SMILES string of the molecule is NNC1NS(=O)(=O)c2ccccc21. The Kier molecular flexibility index (Phi) is 1.85. The summed E-state index contributed by atoms with van der Waals surface area (Å²) in [6.07, 6.45) is -0.513. The molecule has 1 atom stereocenters. The van der Waals surface area contributed by atoms with Gasteiger partial charge >= 0.3 is 0 Å². The van der Waals surface area contributed by atoms with E-state index in [4.69, 9.17) is 5.84 Å². The number of fused-ring (bicyclic) bond motifs is 1. The van der Waals surface area contributed by atoms with Crippen molar-refractivity contribution in [3.05, 3.63) is 29.8 Å². The van der Waals surface area contributed by atoms with Crippen LogP contribution in [0.5, 0.6) is 0 Å². The third kappa shape index (κ3) is 1.24. The third-order valence-electron chi connectivity index (χ3n) is 1.96. The Bertz CT molecular complexity index is 429. The third-order valence-corrected chi connectivity index (χ3v) is 3.46. The van der Waals surface area contributed by atoms with Crippen LogP contribution in [0.1, 0.15) is 11.7 Å². The van der Waals surface area contributed by atoms with Crippen molar-refractivity contribution >= 4 is 10.0 Å². The van der Waals surface area contributed by atoms with Crippen molar-refractivity contribution in [2.45, 2.75) is 11.1 Å². The van der Waals surface area contributed by atoms with Crippen molar-refractivity contribution < 1.29 is 8.42 Å². The number of sulfonamides is 1. The molecule has 1 aromatic rings. The van der Waals surface area contributed by atoms with Gasteiger partial charge in [-0.3, -0.25) is 5.84 Å². The zero-order valence-electron chi connectivity index (χ0n) is 6.69. The predicted octanol–water partition coefficient (Wildman–Crippen LogP) is -0.560. The Morgan fingerprint density at radius 2 is 2.08 bits per heavy atom. The second kappa shape index (κ2) is 2.78. The van der Waals surface area contributed by atoms with Gasteiger partial charge in [0.25, 0.3) is 0 Å². The van der Waals surface area contributed by atoms with E-state index in [1.165, 1.54) is 0 Å². The minimum absolute atomic E-state index is 0.290. The van der Waals surface area contributed by atoms with E-state index in [0.717, 1.165) is 0 Å². The van der Waals surface area contributed by atoms with Gasteiger partial charge in [-0.2, -0.15) is 4.72 Å². The van der Waals surface area contributed by atoms with Crippen molar-refractivity contribution in [3.63, 3.8) is 0 Å². The van der Waals surface area contributed by atoms with E-state index in [2.05, 4.69) is 10.1 Å². The van der Waals surface area contributed by atoms with E-state index < -0.39 is 16.2 Å². The fourth-order valence-electron chi connectivity index (χ4n) is 1.37. The lowest BCUT2D eigenvalue weighted by atomic mass is 10.2. The number of hydrogen-bond acceptors (Lipinski definition) is 4. The Hall–Kier alpha value is -0.950. The van der Waals surface area contributed by atoms with Crippen LogP contribution in [0, 0.1) is 0 Å². The number of rotatable bonds is 1. The molecule has 0 amide bonds. The number of hydrogen-bond donors (Lipinski definition) is 3. The van der Waals surface area contributed by atoms with Gasteiger partial charge in [0.2, 0.25) is 10.0 Å². The average Bonchev–Trinajstić information content (AvgIpc) is 2.39. The number of hydrazine groups is 1. The Morgan fingerprint density at radius 1 is 1.38 bits per heavy atom. The first-order valence-electron chi connectivity index (χ1n) is 3.72. The lowest BCUT2D eigenvalue weighted by Crippen LogP contribution is -2.36. The molecule has 0 bridgehead atoms. The molecule has 13 heavy (non-hydrogen) atoms. The zero-order valence-corrected chi connectivity index (χ0v) is 7.51. The topological polar surface area (TPSA) is 84.2 Å². The summed E-state index contributed by atoms with van der Waals surface area (Å²) < 4.78 is 25.2. The quantitative estimate of drug-likeness (QED) is 0.418. The lowest BCUT2D eigenvalue weighted by molar-refractivity contribution is 0.523. The molecule has 1 aliphatic heterocycles. The summed E-state index contributed by atoms with van der Waals surface area (Å²) in [4.78, 5) is 0.290. The van der Waals surface area contributed by atoms with Crippen molar-refractivity contribution in [1.29, 1.82) is 0 Å². The second-order valence-corrected chi connectivity index (χ2v) is 4.44. The van der Waals surface area contributed by atoms with E-state index in [0.29, 0.717) is 5.56 Å². The molecule has 1 unspecified atom stereocenters. The van der Waals surface area contributed by atoms with Gasteiger partial charge in [0.1, 0.15) is 6.17 Å². The Labute approximate surface area is 76.0 Å². The summed E-state index contributed by atoms with van der Waals surface area (Å²) in [7, 11) is -3.36. The second-order valence-electron chi connectivity index (χ2n) is 2.76. The van der Waals surface area contributed by atoms with Gasteiger partial charge in [0.15, 0.2) is 0 Å². The highest BCUT2D eigenvalue weighted by Crippen LogP contribution is 2.27.